The molecule has 0 unspecified atom stereocenters. The van der Waals surface area contributed by atoms with Crippen molar-refractivity contribution in [3.63, 3.8) is 0 Å². The molecule has 0 radical (unpaired) electrons. The molecule has 1 aromatic heterocycles. The van der Waals surface area contributed by atoms with Crippen LogP contribution in [0.1, 0.15) is 6.92 Å². The minimum Gasteiger partial charge on any atom is -0.434 e. The molecule has 0 N–H and O–H groups in total. The maximum Gasteiger partial charge on any atom is 0.340 e. The third-order valence-corrected chi connectivity index (χ3v) is 1.04. The molecule has 11 heavy (non-hydrogen) atoms. The highest BCUT2D eigenvalue weighted by Gasteiger charge is 2.05. The predicted molar refractivity (Wildman–Crippen MR) is 39.2 cm³/mol. The van der Waals surface area contributed by atoms with Gasteiger partial charge in [-0.1, -0.05) is 6.58 Å². The minimum absolute atomic E-state index is 0.193. The topological polar surface area (TPSA) is 39.4 Å². The summed E-state index contributed by atoms with van der Waals surface area (Å²) in [7, 11) is 0. The number of furan rings is 1. The normalized spacial score (nSPS) is 9.18. The van der Waals surface area contributed by atoms with Gasteiger partial charge in [0.15, 0.2) is 0 Å². The highest BCUT2D eigenvalue weighted by atomic mass is 16.6. The van der Waals surface area contributed by atoms with E-state index in [4.69, 9.17) is 9.15 Å². The molecular weight excluding hydrogens is 144 g/mol. The zero-order valence-electron chi connectivity index (χ0n) is 6.16. The smallest absolute Gasteiger partial charge is 0.340 e. The van der Waals surface area contributed by atoms with Gasteiger partial charge in [0.2, 0.25) is 0 Å². The first-order valence-electron chi connectivity index (χ1n) is 3.11. The van der Waals surface area contributed by atoms with Crippen LogP contribution in [-0.4, -0.2) is 5.97 Å². The molecule has 0 aromatic carbocycles. The first kappa shape index (κ1) is 7.60. The fourth-order valence-corrected chi connectivity index (χ4v) is 0.500. The van der Waals surface area contributed by atoms with Crippen molar-refractivity contribution < 1.29 is 13.9 Å². The van der Waals surface area contributed by atoms with E-state index in [0.29, 0.717) is 5.57 Å². The summed E-state index contributed by atoms with van der Waals surface area (Å²) in [6.45, 7) is 4.99. The van der Waals surface area contributed by atoms with Crippen molar-refractivity contribution in [1.29, 1.82) is 0 Å². The maximum atomic E-state index is 10.8. The number of rotatable bonds is 2. The van der Waals surface area contributed by atoms with E-state index < -0.39 is 5.97 Å². The molecule has 1 rings (SSSR count). The fourth-order valence-electron chi connectivity index (χ4n) is 0.500. The lowest BCUT2D eigenvalue weighted by molar-refractivity contribution is -0.131. The van der Waals surface area contributed by atoms with Gasteiger partial charge >= 0.3 is 5.97 Å². The number of hydrogen-bond acceptors (Lipinski definition) is 3. The summed E-state index contributed by atoms with van der Waals surface area (Å²) in [6.07, 6.45) is 1.43. The molecule has 0 aliphatic rings. The van der Waals surface area contributed by atoms with Crippen LogP contribution in [0.4, 0.5) is 0 Å². The minimum atomic E-state index is -0.472. The lowest BCUT2D eigenvalue weighted by atomic mass is 10.4. The molecule has 1 heterocycles. The van der Waals surface area contributed by atoms with Gasteiger partial charge < -0.3 is 9.15 Å². The molecule has 0 spiro atoms. The van der Waals surface area contributed by atoms with Crippen LogP contribution in [0, 0.1) is 0 Å². The Morgan fingerprint density at radius 3 is 2.91 bits per heavy atom. The van der Waals surface area contributed by atoms with Crippen molar-refractivity contribution in [2.75, 3.05) is 0 Å². The van der Waals surface area contributed by atoms with E-state index in [1.807, 2.05) is 0 Å². The van der Waals surface area contributed by atoms with Crippen molar-refractivity contribution in [2.24, 2.45) is 0 Å². The van der Waals surface area contributed by atoms with Crippen molar-refractivity contribution in [3.8, 4) is 5.95 Å². The van der Waals surface area contributed by atoms with Crippen molar-refractivity contribution in [2.45, 2.75) is 6.92 Å². The monoisotopic (exact) mass is 152 g/mol. The molecule has 0 saturated heterocycles. The van der Waals surface area contributed by atoms with Gasteiger partial charge in [-0.15, -0.1) is 0 Å². The summed E-state index contributed by atoms with van der Waals surface area (Å²) in [6, 6.07) is 3.20. The molecule has 0 aliphatic heterocycles. The van der Waals surface area contributed by atoms with Crippen LogP contribution in [0.15, 0.2) is 35.0 Å². The van der Waals surface area contributed by atoms with E-state index in [1.165, 1.54) is 6.26 Å². The van der Waals surface area contributed by atoms with Gasteiger partial charge in [0, 0.05) is 11.6 Å². The molecule has 0 amide bonds. The summed E-state index contributed by atoms with van der Waals surface area (Å²) in [4.78, 5) is 10.8. The van der Waals surface area contributed by atoms with E-state index in [0.717, 1.165) is 0 Å². The van der Waals surface area contributed by atoms with Crippen LogP contribution in [0.2, 0.25) is 0 Å². The van der Waals surface area contributed by atoms with Crippen molar-refractivity contribution >= 4 is 5.97 Å². The van der Waals surface area contributed by atoms with E-state index >= 15 is 0 Å². The quantitative estimate of drug-likeness (QED) is 0.478. The van der Waals surface area contributed by atoms with Gasteiger partial charge in [-0.3, -0.25) is 0 Å². The average molecular weight is 152 g/mol. The van der Waals surface area contributed by atoms with Gasteiger partial charge in [0.05, 0.1) is 6.26 Å². The van der Waals surface area contributed by atoms with E-state index in [2.05, 4.69) is 6.58 Å². The van der Waals surface area contributed by atoms with E-state index in [9.17, 15) is 4.79 Å². The Balaban J connectivity index is 2.57. The van der Waals surface area contributed by atoms with E-state index in [-0.39, 0.29) is 5.95 Å². The Morgan fingerprint density at radius 1 is 1.73 bits per heavy atom. The number of ether oxygens (including phenoxy) is 1. The summed E-state index contributed by atoms with van der Waals surface area (Å²) in [5.41, 5.74) is 0.349. The first-order chi connectivity index (χ1) is 5.20. The third-order valence-electron chi connectivity index (χ3n) is 1.04. The number of hydrogen-bond donors (Lipinski definition) is 0. The van der Waals surface area contributed by atoms with Crippen LogP contribution < -0.4 is 4.74 Å². The van der Waals surface area contributed by atoms with Crippen LogP contribution in [0.5, 0.6) is 5.95 Å². The van der Waals surface area contributed by atoms with Gasteiger partial charge in [-0.25, -0.2) is 4.79 Å². The van der Waals surface area contributed by atoms with Gasteiger partial charge in [0.1, 0.15) is 0 Å². The molecule has 3 heteroatoms. The second-order valence-electron chi connectivity index (χ2n) is 2.10. The third kappa shape index (κ3) is 1.97. The zero-order chi connectivity index (χ0) is 8.27. The van der Waals surface area contributed by atoms with Crippen molar-refractivity contribution in [1.82, 2.24) is 0 Å². The SMILES string of the molecule is C=C(C)C(=O)Oc1ccco1. The summed E-state index contributed by atoms with van der Waals surface area (Å²) in [5, 5.41) is 0. The van der Waals surface area contributed by atoms with Crippen LogP contribution >= 0.6 is 0 Å². The standard InChI is InChI=1S/C8H8O3/c1-6(2)8(9)11-7-4-3-5-10-7/h3-5H,1H2,2H3. The summed E-state index contributed by atoms with van der Waals surface area (Å²) < 4.78 is 9.48. The lowest BCUT2D eigenvalue weighted by Crippen LogP contribution is -2.07. The summed E-state index contributed by atoms with van der Waals surface area (Å²) >= 11 is 0. The molecule has 1 aromatic rings. The Labute approximate surface area is 64.3 Å². The molecule has 0 atom stereocenters. The van der Waals surface area contributed by atoms with Crippen LogP contribution in [0.25, 0.3) is 0 Å². The maximum absolute atomic E-state index is 10.8. The number of carbonyl (C=O) groups is 1. The van der Waals surface area contributed by atoms with Gasteiger partial charge in [0.25, 0.3) is 5.95 Å². The van der Waals surface area contributed by atoms with Crippen LogP contribution in [-0.2, 0) is 4.79 Å². The molecule has 0 saturated carbocycles. The molecule has 58 valence electrons. The number of carbonyl (C=O) groups excluding carboxylic acids is 1. The highest BCUT2D eigenvalue weighted by molar-refractivity contribution is 5.88. The molecule has 0 aliphatic carbocycles. The van der Waals surface area contributed by atoms with Crippen molar-refractivity contribution in [3.05, 3.63) is 30.5 Å². The predicted octanol–water partition coefficient (Wildman–Crippen LogP) is 1.76. The molecule has 3 nitrogen and oxygen atoms in total. The molecule has 0 bridgehead atoms. The zero-order valence-corrected chi connectivity index (χ0v) is 6.16. The Morgan fingerprint density at radius 2 is 2.45 bits per heavy atom. The summed E-state index contributed by atoms with van der Waals surface area (Å²) in [5.74, 6) is -0.280. The Bertz CT molecular complexity index is 259. The second-order valence-corrected chi connectivity index (χ2v) is 2.10. The van der Waals surface area contributed by atoms with E-state index in [1.54, 1.807) is 19.1 Å². The number of esters is 1. The molecular formula is C8H8O3. The highest BCUT2D eigenvalue weighted by Crippen LogP contribution is 2.11. The van der Waals surface area contributed by atoms with Gasteiger partial charge in [-0.05, 0) is 13.0 Å². The second kappa shape index (κ2) is 3.05. The Kier molecular flexibility index (Phi) is 2.11. The largest absolute Gasteiger partial charge is 0.434 e. The average Bonchev–Trinajstić information content (AvgIpc) is 2.39. The molecule has 0 fully saturated rings. The van der Waals surface area contributed by atoms with Crippen LogP contribution in [0.3, 0.4) is 0 Å². The fraction of sp³-hybridized carbons (Fsp3) is 0.125. The first-order valence-corrected chi connectivity index (χ1v) is 3.11. The lowest BCUT2D eigenvalue weighted by Gasteiger charge is -1.96. The Hall–Kier alpha value is -1.51. The van der Waals surface area contributed by atoms with Gasteiger partial charge in [-0.2, -0.15) is 0 Å².